The van der Waals surface area contributed by atoms with Gasteiger partial charge in [-0.2, -0.15) is 18.3 Å². The van der Waals surface area contributed by atoms with Crippen LogP contribution >= 0.6 is 0 Å². The lowest BCUT2D eigenvalue weighted by molar-refractivity contribution is -0.137. The third kappa shape index (κ3) is 5.26. The van der Waals surface area contributed by atoms with Crippen molar-refractivity contribution in [2.75, 3.05) is 23.0 Å². The van der Waals surface area contributed by atoms with Gasteiger partial charge in [0.05, 0.1) is 18.2 Å². The molecule has 4 rings (SSSR count). The highest BCUT2D eigenvalue weighted by atomic mass is 19.4. The molecule has 2 aromatic carbocycles. The summed E-state index contributed by atoms with van der Waals surface area (Å²) in [5, 5.41) is 14.0. The molecule has 2 aliphatic rings. The fourth-order valence-corrected chi connectivity index (χ4v) is 4.46. The minimum Gasteiger partial charge on any atom is -0.490 e. The van der Waals surface area contributed by atoms with Crippen molar-refractivity contribution in [2.24, 2.45) is 11.0 Å². The molecule has 0 saturated carbocycles. The van der Waals surface area contributed by atoms with Crippen LogP contribution in [0.2, 0.25) is 0 Å². The molecule has 10 heteroatoms. The Balaban J connectivity index is 1.40. The van der Waals surface area contributed by atoms with Crippen molar-refractivity contribution in [3.8, 4) is 5.75 Å². The van der Waals surface area contributed by atoms with Gasteiger partial charge in [-0.3, -0.25) is 9.80 Å². The Labute approximate surface area is 194 Å². The van der Waals surface area contributed by atoms with E-state index in [4.69, 9.17) is 4.74 Å². The first-order valence-electron chi connectivity index (χ1n) is 11.1. The van der Waals surface area contributed by atoms with E-state index in [1.165, 1.54) is 19.1 Å². The van der Waals surface area contributed by atoms with E-state index in [0.29, 0.717) is 24.5 Å². The first-order chi connectivity index (χ1) is 16.1. The summed E-state index contributed by atoms with van der Waals surface area (Å²) < 4.78 is 59.5. The van der Waals surface area contributed by atoms with E-state index in [0.717, 1.165) is 23.5 Å². The Bertz CT molecular complexity index is 1050. The second kappa shape index (κ2) is 9.52. The number of piperidine rings is 1. The van der Waals surface area contributed by atoms with Gasteiger partial charge < -0.3 is 14.7 Å². The van der Waals surface area contributed by atoms with Crippen LogP contribution in [0.3, 0.4) is 0 Å². The third-order valence-electron chi connectivity index (χ3n) is 6.23. The van der Waals surface area contributed by atoms with Crippen molar-refractivity contribution < 1.29 is 32.2 Å². The molecule has 0 amide bonds. The van der Waals surface area contributed by atoms with Crippen LogP contribution in [0.15, 0.2) is 53.6 Å². The van der Waals surface area contributed by atoms with E-state index >= 15 is 0 Å². The highest BCUT2D eigenvalue weighted by Crippen LogP contribution is 2.37. The highest BCUT2D eigenvalue weighted by Gasteiger charge is 2.48. The van der Waals surface area contributed by atoms with Gasteiger partial charge in [-0.25, -0.2) is 4.39 Å². The minimum absolute atomic E-state index is 0.0444. The van der Waals surface area contributed by atoms with Gasteiger partial charge in [0, 0.05) is 37.5 Å². The molecule has 2 aromatic rings. The first kappa shape index (κ1) is 23.8. The lowest BCUT2D eigenvalue weighted by atomic mass is 9.94. The van der Waals surface area contributed by atoms with Gasteiger partial charge in [0.15, 0.2) is 0 Å². The van der Waals surface area contributed by atoms with E-state index in [1.807, 2.05) is 6.07 Å². The maximum Gasteiger partial charge on any atom is 0.431 e. The summed E-state index contributed by atoms with van der Waals surface area (Å²) in [5.41, 5.74) is 0.215. The lowest BCUT2D eigenvalue weighted by Crippen LogP contribution is -2.38. The molecule has 0 unspecified atom stereocenters. The van der Waals surface area contributed by atoms with E-state index in [-0.39, 0.29) is 11.9 Å². The average molecular weight is 479 g/mol. The molecule has 1 fully saturated rings. The Morgan fingerprint density at radius 2 is 1.79 bits per heavy atom. The minimum atomic E-state index is -4.63. The summed E-state index contributed by atoms with van der Waals surface area (Å²) in [6.45, 7) is 2.76. The van der Waals surface area contributed by atoms with Crippen LogP contribution in [0.5, 0.6) is 5.75 Å². The monoisotopic (exact) mass is 479 g/mol. The zero-order valence-electron chi connectivity index (χ0n) is 18.5. The Morgan fingerprint density at radius 1 is 1.12 bits per heavy atom. The molecule has 2 atom stereocenters. The SMILES string of the molecule is C[C@@H]1C(C(F)(F)F)=NN(c2ccc(OC3CCN(c4cccc(F)c4)CC3)cc2)[C@H]1CC(=O)O. The molecular formula is C24H25F4N3O3. The number of hydrazone groups is 1. The summed E-state index contributed by atoms with van der Waals surface area (Å²) in [6.07, 6.45) is -3.67. The summed E-state index contributed by atoms with van der Waals surface area (Å²) in [7, 11) is 0. The fraction of sp³-hybridized carbons (Fsp3) is 0.417. The number of carbonyl (C=O) groups is 1. The number of benzene rings is 2. The highest BCUT2D eigenvalue weighted by molar-refractivity contribution is 5.95. The Kier molecular flexibility index (Phi) is 6.67. The Hall–Kier alpha value is -3.30. The molecule has 2 aliphatic heterocycles. The molecule has 0 spiro atoms. The maximum absolute atomic E-state index is 13.5. The maximum atomic E-state index is 13.5. The molecule has 34 heavy (non-hydrogen) atoms. The molecular weight excluding hydrogens is 454 g/mol. The van der Waals surface area contributed by atoms with Gasteiger partial charge in [0.25, 0.3) is 0 Å². The number of halogens is 4. The van der Waals surface area contributed by atoms with Crippen LogP contribution in [-0.4, -0.2) is 48.2 Å². The zero-order valence-corrected chi connectivity index (χ0v) is 18.5. The standard InChI is InChI=1S/C24H25F4N3O3/c1-15-21(14-22(32)33)31(29-23(15)24(26,27)28)17-5-7-19(8-6-17)34-20-9-11-30(12-10-20)18-4-2-3-16(25)13-18/h2-8,13,15,20-21H,9-12,14H2,1H3,(H,32,33)/t15-,21-/m0/s1. The summed E-state index contributed by atoms with van der Waals surface area (Å²) in [4.78, 5) is 13.3. The second-order valence-corrected chi connectivity index (χ2v) is 8.56. The van der Waals surface area contributed by atoms with Crippen molar-refractivity contribution >= 4 is 23.1 Å². The number of alkyl halides is 3. The number of carboxylic acid groups (broad SMARTS) is 1. The van der Waals surface area contributed by atoms with E-state index in [9.17, 15) is 27.5 Å². The Morgan fingerprint density at radius 3 is 2.38 bits per heavy atom. The van der Waals surface area contributed by atoms with Crippen molar-refractivity contribution in [1.29, 1.82) is 0 Å². The van der Waals surface area contributed by atoms with Crippen LogP contribution in [0.4, 0.5) is 28.9 Å². The lowest BCUT2D eigenvalue weighted by Gasteiger charge is -2.33. The summed E-state index contributed by atoms with van der Waals surface area (Å²) in [6, 6.07) is 12.0. The van der Waals surface area contributed by atoms with Crippen LogP contribution in [-0.2, 0) is 4.79 Å². The summed E-state index contributed by atoms with van der Waals surface area (Å²) in [5.74, 6) is -1.98. The van der Waals surface area contributed by atoms with E-state index in [1.54, 1.807) is 30.3 Å². The number of hydrogen-bond acceptors (Lipinski definition) is 5. The smallest absolute Gasteiger partial charge is 0.431 e. The van der Waals surface area contributed by atoms with Gasteiger partial charge in [-0.15, -0.1) is 0 Å². The third-order valence-corrected chi connectivity index (χ3v) is 6.23. The van der Waals surface area contributed by atoms with Crippen LogP contribution < -0.4 is 14.6 Å². The van der Waals surface area contributed by atoms with Crippen molar-refractivity contribution in [3.05, 3.63) is 54.3 Å². The predicted molar refractivity (Wildman–Crippen MR) is 120 cm³/mol. The predicted octanol–water partition coefficient (Wildman–Crippen LogP) is 5.09. The zero-order chi connectivity index (χ0) is 24.5. The number of nitrogens with zero attached hydrogens (tertiary/aromatic N) is 3. The van der Waals surface area contributed by atoms with Crippen LogP contribution in [0.25, 0.3) is 0 Å². The molecule has 0 aliphatic carbocycles. The number of hydrogen-bond donors (Lipinski definition) is 1. The van der Waals surface area contributed by atoms with Gasteiger partial charge >= 0.3 is 12.1 Å². The van der Waals surface area contributed by atoms with Crippen molar-refractivity contribution in [3.63, 3.8) is 0 Å². The van der Waals surface area contributed by atoms with E-state index in [2.05, 4.69) is 10.0 Å². The number of aliphatic carboxylic acids is 1. The summed E-state index contributed by atoms with van der Waals surface area (Å²) >= 11 is 0. The number of rotatable bonds is 6. The van der Waals surface area contributed by atoms with Crippen molar-refractivity contribution in [2.45, 2.75) is 44.5 Å². The van der Waals surface area contributed by atoms with Crippen molar-refractivity contribution in [1.82, 2.24) is 0 Å². The number of ether oxygens (including phenoxy) is 1. The first-order valence-corrected chi connectivity index (χ1v) is 11.1. The molecule has 2 heterocycles. The van der Waals surface area contributed by atoms with Gasteiger partial charge in [0.2, 0.25) is 0 Å². The van der Waals surface area contributed by atoms with E-state index < -0.39 is 36.2 Å². The molecule has 0 bridgehead atoms. The van der Waals surface area contributed by atoms with Crippen LogP contribution in [0, 0.1) is 11.7 Å². The average Bonchev–Trinajstić information content (AvgIpc) is 3.11. The van der Waals surface area contributed by atoms with Gasteiger partial charge in [0.1, 0.15) is 23.4 Å². The van der Waals surface area contributed by atoms with Gasteiger partial charge in [-0.05, 0) is 42.5 Å². The topological polar surface area (TPSA) is 65.4 Å². The molecule has 1 saturated heterocycles. The molecule has 6 nitrogen and oxygen atoms in total. The fourth-order valence-electron chi connectivity index (χ4n) is 4.46. The largest absolute Gasteiger partial charge is 0.490 e. The normalized spacial score (nSPS) is 21.5. The van der Waals surface area contributed by atoms with Gasteiger partial charge in [-0.1, -0.05) is 13.0 Å². The molecule has 0 aromatic heterocycles. The second-order valence-electron chi connectivity index (χ2n) is 8.56. The number of anilines is 2. The molecule has 0 radical (unpaired) electrons. The molecule has 1 N–H and O–H groups in total. The quantitative estimate of drug-likeness (QED) is 0.585. The number of carboxylic acids is 1. The van der Waals surface area contributed by atoms with Crippen LogP contribution in [0.1, 0.15) is 26.2 Å². The molecule has 182 valence electrons.